The van der Waals surface area contributed by atoms with Crippen LogP contribution in [0.4, 0.5) is 0 Å². The second-order valence-electron chi connectivity index (χ2n) is 10.1. The zero-order valence-electron chi connectivity index (χ0n) is 20.1. The smallest absolute Gasteiger partial charge is 0.338 e. The molecule has 0 bridgehead atoms. The molecule has 0 spiro atoms. The Kier molecular flexibility index (Phi) is 7.06. The lowest BCUT2D eigenvalue weighted by Gasteiger charge is -2.31. The summed E-state index contributed by atoms with van der Waals surface area (Å²) >= 11 is 0. The third-order valence-electron chi connectivity index (χ3n) is 6.41. The van der Waals surface area contributed by atoms with Gasteiger partial charge in [-0.25, -0.2) is 4.79 Å². The lowest BCUT2D eigenvalue weighted by atomic mass is 9.78. The zero-order chi connectivity index (χ0) is 22.7. The third kappa shape index (κ3) is 5.65. The number of ether oxygens (including phenoxy) is 2. The SMILES string of the molecule is CCC(C)(C)OC(=O)c1ccc(C(C)(C)c2ccc(OC(C)(C)C(C)C)cc2)cc1. The van der Waals surface area contributed by atoms with Gasteiger partial charge in [0.25, 0.3) is 0 Å². The molecule has 30 heavy (non-hydrogen) atoms. The van der Waals surface area contributed by atoms with E-state index in [2.05, 4.69) is 53.7 Å². The van der Waals surface area contributed by atoms with Gasteiger partial charge in [-0.05, 0) is 75.4 Å². The highest BCUT2D eigenvalue weighted by Crippen LogP contribution is 2.34. The van der Waals surface area contributed by atoms with E-state index < -0.39 is 5.60 Å². The van der Waals surface area contributed by atoms with Gasteiger partial charge < -0.3 is 9.47 Å². The lowest BCUT2D eigenvalue weighted by molar-refractivity contribution is -0.00244. The molecule has 0 heterocycles. The predicted octanol–water partition coefficient (Wildman–Crippen LogP) is 7.17. The molecule has 3 nitrogen and oxygen atoms in total. The molecule has 0 unspecified atom stereocenters. The highest BCUT2D eigenvalue weighted by Gasteiger charge is 2.27. The first-order valence-electron chi connectivity index (χ1n) is 10.9. The minimum atomic E-state index is -0.455. The summed E-state index contributed by atoms with van der Waals surface area (Å²) in [5.74, 6) is 1.02. The number of esters is 1. The van der Waals surface area contributed by atoms with E-state index >= 15 is 0 Å². The van der Waals surface area contributed by atoms with Crippen molar-refractivity contribution in [2.24, 2.45) is 5.92 Å². The Hall–Kier alpha value is -2.29. The van der Waals surface area contributed by atoms with E-state index in [0.29, 0.717) is 11.5 Å². The molecule has 2 aromatic carbocycles. The van der Waals surface area contributed by atoms with E-state index in [-0.39, 0.29) is 17.0 Å². The van der Waals surface area contributed by atoms with Crippen molar-refractivity contribution in [3.63, 3.8) is 0 Å². The zero-order valence-corrected chi connectivity index (χ0v) is 20.1. The summed E-state index contributed by atoms with van der Waals surface area (Å²) in [6.45, 7) is 18.8. The van der Waals surface area contributed by atoms with E-state index in [4.69, 9.17) is 9.47 Å². The van der Waals surface area contributed by atoms with Gasteiger partial charge in [0.1, 0.15) is 17.0 Å². The van der Waals surface area contributed by atoms with Gasteiger partial charge in [-0.2, -0.15) is 0 Å². The van der Waals surface area contributed by atoms with Crippen molar-refractivity contribution in [1.82, 2.24) is 0 Å². The van der Waals surface area contributed by atoms with Gasteiger partial charge in [0, 0.05) is 5.41 Å². The number of carbonyl (C=O) groups excluding carboxylic acids is 1. The minimum Gasteiger partial charge on any atom is -0.488 e. The van der Waals surface area contributed by atoms with Crippen molar-refractivity contribution < 1.29 is 14.3 Å². The van der Waals surface area contributed by atoms with Crippen molar-refractivity contribution in [3.8, 4) is 5.75 Å². The molecule has 0 fully saturated rings. The molecule has 0 aliphatic heterocycles. The summed E-state index contributed by atoms with van der Waals surface area (Å²) in [6, 6.07) is 16.1. The topological polar surface area (TPSA) is 35.5 Å². The van der Waals surface area contributed by atoms with E-state index in [1.54, 1.807) is 0 Å². The van der Waals surface area contributed by atoms with E-state index in [1.165, 1.54) is 5.56 Å². The molecule has 2 rings (SSSR count). The lowest BCUT2D eigenvalue weighted by Crippen LogP contribution is -2.34. The molecule has 3 heteroatoms. The second kappa shape index (κ2) is 8.83. The Morgan fingerprint density at radius 2 is 1.30 bits per heavy atom. The molecular formula is C27H38O3. The molecule has 0 atom stereocenters. The summed E-state index contributed by atoms with van der Waals surface area (Å²) in [4.78, 5) is 12.4. The number of hydrogen-bond acceptors (Lipinski definition) is 3. The first kappa shape index (κ1) is 24.0. The fraction of sp³-hybridized carbons (Fsp3) is 0.519. The first-order chi connectivity index (χ1) is 13.8. The van der Waals surface area contributed by atoms with Crippen LogP contribution >= 0.6 is 0 Å². The summed E-state index contributed by atoms with van der Waals surface area (Å²) < 4.78 is 11.8. The van der Waals surface area contributed by atoms with Gasteiger partial charge in [-0.15, -0.1) is 0 Å². The largest absolute Gasteiger partial charge is 0.488 e. The van der Waals surface area contributed by atoms with Crippen molar-refractivity contribution >= 4 is 5.97 Å². The molecule has 0 aliphatic rings. The van der Waals surface area contributed by atoms with Crippen molar-refractivity contribution in [2.45, 2.75) is 85.4 Å². The Morgan fingerprint density at radius 3 is 1.73 bits per heavy atom. The quantitative estimate of drug-likeness (QED) is 0.433. The molecule has 0 saturated carbocycles. The van der Waals surface area contributed by atoms with Gasteiger partial charge in [0.15, 0.2) is 0 Å². The maximum absolute atomic E-state index is 12.4. The molecule has 0 N–H and O–H groups in total. The van der Waals surface area contributed by atoms with Gasteiger partial charge in [-0.1, -0.05) is 58.9 Å². The Bertz CT molecular complexity index is 841. The average molecular weight is 411 g/mol. The van der Waals surface area contributed by atoms with E-state index in [1.807, 2.05) is 57.2 Å². The molecule has 0 radical (unpaired) electrons. The van der Waals surface area contributed by atoms with Crippen LogP contribution in [-0.2, 0) is 10.2 Å². The summed E-state index contributed by atoms with van der Waals surface area (Å²) in [5, 5.41) is 0. The van der Waals surface area contributed by atoms with Gasteiger partial charge in [0.05, 0.1) is 5.56 Å². The molecule has 0 amide bonds. The number of benzene rings is 2. The van der Waals surface area contributed by atoms with Crippen LogP contribution in [0.25, 0.3) is 0 Å². The van der Waals surface area contributed by atoms with Crippen LogP contribution in [0.2, 0.25) is 0 Å². The van der Waals surface area contributed by atoms with Gasteiger partial charge in [0.2, 0.25) is 0 Å². The number of carbonyl (C=O) groups is 1. The van der Waals surface area contributed by atoms with E-state index in [9.17, 15) is 4.79 Å². The summed E-state index contributed by atoms with van der Waals surface area (Å²) in [6.07, 6.45) is 0.776. The molecule has 2 aromatic rings. The van der Waals surface area contributed by atoms with Crippen molar-refractivity contribution in [1.29, 1.82) is 0 Å². The van der Waals surface area contributed by atoms with Crippen molar-refractivity contribution in [2.75, 3.05) is 0 Å². The summed E-state index contributed by atoms with van der Waals surface area (Å²) in [5.41, 5.74) is 2.05. The maximum Gasteiger partial charge on any atom is 0.338 e. The molecule has 0 aromatic heterocycles. The summed E-state index contributed by atoms with van der Waals surface area (Å²) in [7, 11) is 0. The molecular weight excluding hydrogens is 372 g/mol. The average Bonchev–Trinajstić information content (AvgIpc) is 2.67. The van der Waals surface area contributed by atoms with Crippen LogP contribution in [0.3, 0.4) is 0 Å². The third-order valence-corrected chi connectivity index (χ3v) is 6.41. The van der Waals surface area contributed by atoms with Crippen LogP contribution in [0.15, 0.2) is 48.5 Å². The highest BCUT2D eigenvalue weighted by molar-refractivity contribution is 5.89. The normalized spacial score (nSPS) is 12.7. The van der Waals surface area contributed by atoms with Crippen LogP contribution in [0.5, 0.6) is 5.75 Å². The fourth-order valence-electron chi connectivity index (χ4n) is 2.93. The van der Waals surface area contributed by atoms with Crippen LogP contribution in [0.1, 0.15) is 90.2 Å². The van der Waals surface area contributed by atoms with Gasteiger partial charge >= 0.3 is 5.97 Å². The second-order valence-corrected chi connectivity index (χ2v) is 10.1. The highest BCUT2D eigenvalue weighted by atomic mass is 16.6. The number of hydrogen-bond donors (Lipinski definition) is 0. The van der Waals surface area contributed by atoms with Crippen molar-refractivity contribution in [3.05, 3.63) is 65.2 Å². The molecule has 0 aliphatic carbocycles. The first-order valence-corrected chi connectivity index (χ1v) is 10.9. The molecule has 164 valence electrons. The minimum absolute atomic E-state index is 0.197. The monoisotopic (exact) mass is 410 g/mol. The Balaban J connectivity index is 2.18. The van der Waals surface area contributed by atoms with Crippen LogP contribution < -0.4 is 4.74 Å². The maximum atomic E-state index is 12.4. The molecule has 0 saturated heterocycles. The number of rotatable bonds is 8. The standard InChI is InChI=1S/C27H38O3/c1-10-25(4,5)30-24(28)20-11-13-21(14-12-20)26(6,7)22-15-17-23(18-16-22)29-27(8,9)19(2)3/h11-19H,10H2,1-9H3. The Morgan fingerprint density at radius 1 is 0.833 bits per heavy atom. The fourth-order valence-corrected chi connectivity index (χ4v) is 2.93. The Labute approximate surface area is 182 Å². The van der Waals surface area contributed by atoms with Crippen LogP contribution in [-0.4, -0.2) is 17.2 Å². The predicted molar refractivity (Wildman–Crippen MR) is 124 cm³/mol. The van der Waals surface area contributed by atoms with Crippen LogP contribution in [0, 0.1) is 5.92 Å². The van der Waals surface area contributed by atoms with Gasteiger partial charge in [-0.3, -0.25) is 0 Å². The van der Waals surface area contributed by atoms with E-state index in [0.717, 1.165) is 17.7 Å².